The lowest BCUT2D eigenvalue weighted by Gasteiger charge is -2.10. The van der Waals surface area contributed by atoms with Crippen LogP contribution in [-0.4, -0.2) is 26.7 Å². The van der Waals surface area contributed by atoms with Crippen LogP contribution in [0, 0.1) is 0 Å². The van der Waals surface area contributed by atoms with Gasteiger partial charge in [-0.05, 0) is 25.1 Å². The topological polar surface area (TPSA) is 86.5 Å². The highest BCUT2D eigenvalue weighted by atomic mass is 32.2. The van der Waals surface area contributed by atoms with E-state index in [1.165, 1.54) is 26.2 Å². The molecule has 1 amide bonds. The molecule has 0 spiro atoms. The third-order valence-electron chi connectivity index (χ3n) is 2.24. The van der Waals surface area contributed by atoms with Gasteiger partial charge >= 0.3 is 0 Å². The fourth-order valence-corrected chi connectivity index (χ4v) is 2.40. The Bertz CT molecular complexity index is 495. The third kappa shape index (κ3) is 2.33. The third-order valence-corrected chi connectivity index (χ3v) is 4.31. The van der Waals surface area contributed by atoms with Crippen molar-refractivity contribution in [2.45, 2.75) is 17.1 Å². The first-order valence-electron chi connectivity index (χ1n) is 4.57. The van der Waals surface area contributed by atoms with Gasteiger partial charge in [-0.25, -0.2) is 8.42 Å². The number of benzene rings is 1. The second-order valence-electron chi connectivity index (χ2n) is 3.27. The minimum absolute atomic E-state index is 0.0261. The summed E-state index contributed by atoms with van der Waals surface area (Å²) in [6.45, 7) is 1.26. The Morgan fingerprint density at radius 1 is 1.44 bits per heavy atom. The van der Waals surface area contributed by atoms with Crippen LogP contribution in [0.25, 0.3) is 0 Å². The Labute approximate surface area is 94.1 Å². The van der Waals surface area contributed by atoms with Crippen LogP contribution in [0.2, 0.25) is 0 Å². The van der Waals surface area contributed by atoms with Crippen LogP contribution < -0.4 is 10.5 Å². The Balaban J connectivity index is 3.22. The Morgan fingerprint density at radius 3 is 2.56 bits per heavy atom. The molecule has 5 nitrogen and oxygen atoms in total. The number of primary amides is 1. The molecule has 0 bridgehead atoms. The normalized spacial score (nSPS) is 13.1. The molecule has 0 radical (unpaired) electrons. The number of hydrogen-bond donors (Lipinski definition) is 1. The highest BCUT2D eigenvalue weighted by Gasteiger charge is 2.28. The number of ether oxygens (including phenoxy) is 1. The van der Waals surface area contributed by atoms with E-state index >= 15 is 0 Å². The van der Waals surface area contributed by atoms with Crippen molar-refractivity contribution in [2.24, 2.45) is 5.73 Å². The van der Waals surface area contributed by atoms with Gasteiger partial charge in [0, 0.05) is 0 Å². The van der Waals surface area contributed by atoms with Crippen LogP contribution in [0.4, 0.5) is 0 Å². The summed E-state index contributed by atoms with van der Waals surface area (Å²) in [7, 11) is -2.29. The summed E-state index contributed by atoms with van der Waals surface area (Å²) in [5.74, 6) is -0.458. The molecule has 88 valence electrons. The largest absolute Gasteiger partial charge is 0.497 e. The molecule has 1 aromatic carbocycles. The summed E-state index contributed by atoms with van der Waals surface area (Å²) in [5, 5.41) is -1.25. The average Bonchev–Trinajstić information content (AvgIpc) is 2.27. The van der Waals surface area contributed by atoms with Gasteiger partial charge in [-0.2, -0.15) is 0 Å². The first-order valence-corrected chi connectivity index (χ1v) is 6.11. The monoisotopic (exact) mass is 243 g/mol. The predicted octanol–water partition coefficient (Wildman–Crippen LogP) is 0.343. The summed E-state index contributed by atoms with van der Waals surface area (Å²) < 4.78 is 28.7. The molecule has 1 rings (SSSR count). The Kier molecular flexibility index (Phi) is 3.54. The van der Waals surface area contributed by atoms with Crippen LogP contribution in [0.5, 0.6) is 5.75 Å². The fourth-order valence-electron chi connectivity index (χ4n) is 1.14. The summed E-state index contributed by atoms with van der Waals surface area (Å²) in [5.41, 5.74) is 4.98. The number of carbonyl (C=O) groups excluding carboxylic acids is 1. The number of methoxy groups -OCH3 is 1. The summed E-state index contributed by atoms with van der Waals surface area (Å²) >= 11 is 0. The standard InChI is InChI=1S/C10H13NO4S/c1-7(10(11)12)16(13,14)9-5-3-4-8(6-9)15-2/h3-7H,1-2H3,(H2,11,12)/t7-/m1/s1. The minimum atomic E-state index is -3.73. The first kappa shape index (κ1) is 12.5. The molecule has 0 aliphatic carbocycles. The molecule has 0 aromatic heterocycles. The SMILES string of the molecule is COc1cccc(S(=O)(=O)[C@H](C)C(N)=O)c1. The maximum absolute atomic E-state index is 11.9. The van der Waals surface area contributed by atoms with Gasteiger partial charge in [0.15, 0.2) is 9.84 Å². The van der Waals surface area contributed by atoms with Gasteiger partial charge in [0.1, 0.15) is 11.0 Å². The van der Waals surface area contributed by atoms with E-state index in [1.807, 2.05) is 0 Å². The number of carbonyl (C=O) groups is 1. The zero-order valence-electron chi connectivity index (χ0n) is 9.01. The summed E-state index contributed by atoms with van der Waals surface area (Å²) in [6.07, 6.45) is 0. The fraction of sp³-hybridized carbons (Fsp3) is 0.300. The van der Waals surface area contributed by atoms with E-state index in [1.54, 1.807) is 12.1 Å². The van der Waals surface area contributed by atoms with E-state index in [4.69, 9.17) is 10.5 Å². The molecule has 0 fully saturated rings. The van der Waals surface area contributed by atoms with Gasteiger partial charge in [-0.15, -0.1) is 0 Å². The summed E-state index contributed by atoms with van der Waals surface area (Å²) in [4.78, 5) is 10.9. The lowest BCUT2D eigenvalue weighted by Crippen LogP contribution is -2.33. The molecular weight excluding hydrogens is 230 g/mol. The van der Waals surface area contributed by atoms with Gasteiger partial charge in [0.25, 0.3) is 0 Å². The molecular formula is C10H13NO4S. The van der Waals surface area contributed by atoms with Crippen molar-refractivity contribution in [2.75, 3.05) is 7.11 Å². The zero-order chi connectivity index (χ0) is 12.3. The average molecular weight is 243 g/mol. The molecule has 0 unspecified atom stereocenters. The maximum atomic E-state index is 11.9. The highest BCUT2D eigenvalue weighted by molar-refractivity contribution is 7.92. The molecule has 0 aliphatic heterocycles. The zero-order valence-corrected chi connectivity index (χ0v) is 9.82. The van der Waals surface area contributed by atoms with Crippen LogP contribution in [-0.2, 0) is 14.6 Å². The molecule has 16 heavy (non-hydrogen) atoms. The molecule has 2 N–H and O–H groups in total. The van der Waals surface area contributed by atoms with Gasteiger partial charge in [-0.3, -0.25) is 4.79 Å². The molecule has 0 saturated carbocycles. The lowest BCUT2D eigenvalue weighted by atomic mass is 10.3. The number of nitrogens with two attached hydrogens (primary N) is 1. The van der Waals surface area contributed by atoms with Gasteiger partial charge in [0.2, 0.25) is 5.91 Å². The van der Waals surface area contributed by atoms with E-state index in [0.29, 0.717) is 5.75 Å². The van der Waals surface area contributed by atoms with Crippen LogP contribution in [0.3, 0.4) is 0 Å². The van der Waals surface area contributed by atoms with Crippen LogP contribution in [0.15, 0.2) is 29.2 Å². The van der Waals surface area contributed by atoms with Crippen molar-refractivity contribution in [3.05, 3.63) is 24.3 Å². The van der Waals surface area contributed by atoms with Gasteiger partial charge in [0.05, 0.1) is 12.0 Å². The van der Waals surface area contributed by atoms with E-state index in [2.05, 4.69) is 0 Å². The Morgan fingerprint density at radius 2 is 2.06 bits per heavy atom. The van der Waals surface area contributed by atoms with Crippen molar-refractivity contribution in [1.82, 2.24) is 0 Å². The van der Waals surface area contributed by atoms with E-state index < -0.39 is 21.0 Å². The molecule has 0 aliphatic rings. The summed E-state index contributed by atoms with van der Waals surface area (Å²) in [6, 6.07) is 5.92. The van der Waals surface area contributed by atoms with E-state index in [9.17, 15) is 13.2 Å². The van der Waals surface area contributed by atoms with Crippen molar-refractivity contribution < 1.29 is 17.9 Å². The number of sulfone groups is 1. The maximum Gasteiger partial charge on any atom is 0.235 e. The smallest absolute Gasteiger partial charge is 0.235 e. The first-order chi connectivity index (χ1) is 7.39. The highest BCUT2D eigenvalue weighted by Crippen LogP contribution is 2.20. The van der Waals surface area contributed by atoms with Crippen molar-refractivity contribution in [1.29, 1.82) is 0 Å². The van der Waals surface area contributed by atoms with Gasteiger partial charge < -0.3 is 10.5 Å². The van der Waals surface area contributed by atoms with Crippen molar-refractivity contribution >= 4 is 15.7 Å². The molecule has 1 atom stereocenters. The second-order valence-corrected chi connectivity index (χ2v) is 5.54. The predicted molar refractivity (Wildman–Crippen MR) is 58.8 cm³/mol. The van der Waals surface area contributed by atoms with E-state index in [-0.39, 0.29) is 4.90 Å². The van der Waals surface area contributed by atoms with E-state index in [0.717, 1.165) is 0 Å². The Hall–Kier alpha value is -1.56. The quantitative estimate of drug-likeness (QED) is 0.826. The molecule has 0 heterocycles. The molecule has 6 heteroatoms. The minimum Gasteiger partial charge on any atom is -0.497 e. The van der Waals surface area contributed by atoms with Crippen LogP contribution >= 0.6 is 0 Å². The second kappa shape index (κ2) is 4.52. The number of rotatable bonds is 4. The number of amides is 1. The van der Waals surface area contributed by atoms with Gasteiger partial charge in [-0.1, -0.05) is 6.07 Å². The number of hydrogen-bond acceptors (Lipinski definition) is 4. The molecule has 1 aromatic rings. The molecule has 0 saturated heterocycles. The van der Waals surface area contributed by atoms with Crippen molar-refractivity contribution in [3.8, 4) is 5.75 Å². The van der Waals surface area contributed by atoms with Crippen molar-refractivity contribution in [3.63, 3.8) is 0 Å². The lowest BCUT2D eigenvalue weighted by molar-refractivity contribution is -0.117. The van der Waals surface area contributed by atoms with Crippen LogP contribution in [0.1, 0.15) is 6.92 Å².